The van der Waals surface area contributed by atoms with Crippen LogP contribution in [-0.2, 0) is 4.79 Å². The van der Waals surface area contributed by atoms with Crippen molar-refractivity contribution in [3.05, 3.63) is 0 Å². The minimum absolute atomic E-state index is 0.00375. The van der Waals surface area contributed by atoms with E-state index in [2.05, 4.69) is 23.1 Å². The number of nitrogens with zero attached hydrogens (tertiary/aromatic N) is 1. The number of piperidine rings is 1. The molecule has 0 saturated carbocycles. The Labute approximate surface area is 104 Å². The summed E-state index contributed by atoms with van der Waals surface area (Å²) in [4.78, 5) is 14.1. The van der Waals surface area contributed by atoms with Crippen molar-refractivity contribution in [1.29, 1.82) is 0 Å². The Bertz CT molecular complexity index is 298. The highest BCUT2D eigenvalue weighted by atomic mass is 16.2. The van der Waals surface area contributed by atoms with Crippen molar-refractivity contribution >= 4 is 5.91 Å². The van der Waals surface area contributed by atoms with Crippen molar-refractivity contribution < 1.29 is 4.79 Å². The maximum atomic E-state index is 11.9. The second-order valence-electron chi connectivity index (χ2n) is 4.85. The van der Waals surface area contributed by atoms with Crippen LogP contribution in [-0.4, -0.2) is 42.5 Å². The van der Waals surface area contributed by atoms with E-state index in [1.54, 1.807) is 0 Å². The Balaban J connectivity index is 2.57. The average molecular weight is 237 g/mol. The molecule has 3 atom stereocenters. The lowest BCUT2D eigenvalue weighted by Crippen LogP contribution is -2.55. The lowest BCUT2D eigenvalue weighted by atomic mass is 9.91. The van der Waals surface area contributed by atoms with Crippen LogP contribution >= 0.6 is 0 Å². The van der Waals surface area contributed by atoms with Gasteiger partial charge in [-0.2, -0.15) is 0 Å². The lowest BCUT2D eigenvalue weighted by Gasteiger charge is -2.40. The fraction of sp³-hybridized carbons (Fsp3) is 0.769. The predicted molar refractivity (Wildman–Crippen MR) is 69.3 cm³/mol. The summed E-state index contributed by atoms with van der Waals surface area (Å²) in [5.74, 6) is 3.10. The van der Waals surface area contributed by atoms with E-state index in [1.807, 2.05) is 6.92 Å². The summed E-state index contributed by atoms with van der Waals surface area (Å²) in [6, 6.07) is 0.162. The molecule has 0 radical (unpaired) electrons. The molecule has 1 fully saturated rings. The van der Waals surface area contributed by atoms with Crippen LogP contribution in [0.15, 0.2) is 0 Å². The molecule has 1 saturated heterocycles. The molecule has 0 spiro atoms. The van der Waals surface area contributed by atoms with E-state index in [9.17, 15) is 4.79 Å². The summed E-state index contributed by atoms with van der Waals surface area (Å²) in [6.45, 7) is 6.00. The molecule has 0 bridgehead atoms. The third-order valence-electron chi connectivity index (χ3n) is 3.54. The van der Waals surface area contributed by atoms with Gasteiger partial charge in [-0.1, -0.05) is 12.8 Å². The van der Waals surface area contributed by atoms with Crippen LogP contribution in [0.25, 0.3) is 0 Å². The van der Waals surface area contributed by atoms with E-state index in [0.717, 1.165) is 19.4 Å². The zero-order valence-corrected chi connectivity index (χ0v) is 10.8. The lowest BCUT2D eigenvalue weighted by molar-refractivity contribution is -0.127. The molecule has 1 heterocycles. The van der Waals surface area contributed by atoms with Crippen LogP contribution < -0.4 is 11.1 Å². The van der Waals surface area contributed by atoms with Gasteiger partial charge in [-0.15, -0.1) is 6.42 Å². The molecule has 1 amide bonds. The van der Waals surface area contributed by atoms with Gasteiger partial charge in [0.1, 0.15) is 0 Å². The average Bonchev–Trinajstić information content (AvgIpc) is 2.34. The maximum Gasteiger partial charge on any atom is 0.237 e. The Morgan fingerprint density at radius 3 is 3.00 bits per heavy atom. The van der Waals surface area contributed by atoms with Gasteiger partial charge in [0.05, 0.1) is 12.6 Å². The number of terminal acetylenes is 1. The highest BCUT2D eigenvalue weighted by Gasteiger charge is 2.31. The molecule has 1 rings (SSSR count). The number of carbonyl (C=O) groups is 1. The molecule has 4 nitrogen and oxygen atoms in total. The van der Waals surface area contributed by atoms with E-state index < -0.39 is 0 Å². The molecular weight excluding hydrogens is 214 g/mol. The summed E-state index contributed by atoms with van der Waals surface area (Å²) in [6.07, 6.45) is 7.33. The summed E-state index contributed by atoms with van der Waals surface area (Å²) in [7, 11) is 0. The Morgan fingerprint density at radius 1 is 1.71 bits per heavy atom. The summed E-state index contributed by atoms with van der Waals surface area (Å²) >= 11 is 0. The van der Waals surface area contributed by atoms with Crippen molar-refractivity contribution in [3.63, 3.8) is 0 Å². The zero-order chi connectivity index (χ0) is 12.8. The van der Waals surface area contributed by atoms with Crippen LogP contribution in [0.5, 0.6) is 0 Å². The van der Waals surface area contributed by atoms with Gasteiger partial charge in [0.2, 0.25) is 5.91 Å². The molecular formula is C13H23N3O. The largest absolute Gasteiger partial charge is 0.344 e. The van der Waals surface area contributed by atoms with Crippen molar-refractivity contribution in [2.75, 3.05) is 19.6 Å². The summed E-state index contributed by atoms with van der Waals surface area (Å²) in [5, 5.41) is 2.73. The number of carbonyl (C=O) groups excluding carboxylic acids is 1. The van der Waals surface area contributed by atoms with Gasteiger partial charge in [-0.3, -0.25) is 9.69 Å². The number of hydrogen-bond acceptors (Lipinski definition) is 3. The molecule has 0 aromatic carbocycles. The van der Waals surface area contributed by atoms with Crippen molar-refractivity contribution in [3.8, 4) is 12.3 Å². The first-order valence-electron chi connectivity index (χ1n) is 6.27. The minimum atomic E-state index is -0.149. The topological polar surface area (TPSA) is 58.4 Å². The normalized spacial score (nSPS) is 27.2. The van der Waals surface area contributed by atoms with Gasteiger partial charge >= 0.3 is 0 Å². The van der Waals surface area contributed by atoms with Crippen molar-refractivity contribution in [2.45, 2.75) is 38.8 Å². The van der Waals surface area contributed by atoms with Crippen LogP contribution in [0, 0.1) is 18.3 Å². The van der Waals surface area contributed by atoms with Crippen molar-refractivity contribution in [1.82, 2.24) is 10.2 Å². The van der Waals surface area contributed by atoms with Crippen LogP contribution in [0.4, 0.5) is 0 Å². The highest BCUT2D eigenvalue weighted by molar-refractivity contribution is 5.81. The monoisotopic (exact) mass is 237 g/mol. The SMILES string of the molecule is C#CCNC(=O)C(C)N1CCC(C)CC1CN. The van der Waals surface area contributed by atoms with E-state index in [4.69, 9.17) is 12.2 Å². The molecule has 4 heteroatoms. The first kappa shape index (κ1) is 14.0. The highest BCUT2D eigenvalue weighted by Crippen LogP contribution is 2.23. The molecule has 0 aromatic heterocycles. The van der Waals surface area contributed by atoms with E-state index in [0.29, 0.717) is 25.0 Å². The van der Waals surface area contributed by atoms with Gasteiger partial charge in [0, 0.05) is 12.6 Å². The second kappa shape index (κ2) is 6.63. The molecule has 3 unspecified atom stereocenters. The predicted octanol–water partition coefficient (Wildman–Crippen LogP) is 0.184. The van der Waals surface area contributed by atoms with Gasteiger partial charge in [0.15, 0.2) is 0 Å². The fourth-order valence-corrected chi connectivity index (χ4v) is 2.45. The van der Waals surface area contributed by atoms with Gasteiger partial charge in [-0.05, 0) is 32.2 Å². The number of likely N-dealkylation sites (tertiary alicyclic amines) is 1. The number of nitrogens with one attached hydrogen (secondary N) is 1. The third kappa shape index (κ3) is 3.72. The van der Waals surface area contributed by atoms with Gasteiger partial charge in [0.25, 0.3) is 0 Å². The van der Waals surface area contributed by atoms with Gasteiger partial charge < -0.3 is 11.1 Å². The second-order valence-corrected chi connectivity index (χ2v) is 4.85. The number of amides is 1. The van der Waals surface area contributed by atoms with Crippen LogP contribution in [0.3, 0.4) is 0 Å². The fourth-order valence-electron chi connectivity index (χ4n) is 2.45. The first-order chi connectivity index (χ1) is 8.10. The zero-order valence-electron chi connectivity index (χ0n) is 10.8. The molecule has 3 N–H and O–H groups in total. The minimum Gasteiger partial charge on any atom is -0.344 e. The molecule has 96 valence electrons. The van der Waals surface area contributed by atoms with E-state index in [-0.39, 0.29) is 11.9 Å². The number of nitrogens with two attached hydrogens (primary N) is 1. The number of hydrogen-bond donors (Lipinski definition) is 2. The third-order valence-corrected chi connectivity index (χ3v) is 3.54. The van der Waals surface area contributed by atoms with E-state index >= 15 is 0 Å². The standard InChI is InChI=1S/C13H23N3O/c1-4-6-15-13(17)11(3)16-7-5-10(2)8-12(16)9-14/h1,10-12H,5-9,14H2,2-3H3,(H,15,17). The molecule has 0 aromatic rings. The Kier molecular flexibility index (Phi) is 5.46. The Hall–Kier alpha value is -1.05. The van der Waals surface area contributed by atoms with Crippen molar-refractivity contribution in [2.24, 2.45) is 11.7 Å². The summed E-state index contributed by atoms with van der Waals surface area (Å²) < 4.78 is 0. The molecule has 0 aliphatic carbocycles. The molecule has 1 aliphatic rings. The smallest absolute Gasteiger partial charge is 0.237 e. The van der Waals surface area contributed by atoms with E-state index in [1.165, 1.54) is 0 Å². The Morgan fingerprint density at radius 2 is 2.41 bits per heavy atom. The molecule has 17 heavy (non-hydrogen) atoms. The summed E-state index contributed by atoms with van der Waals surface area (Å²) in [5.41, 5.74) is 5.79. The maximum absolute atomic E-state index is 11.9. The molecule has 1 aliphatic heterocycles. The number of rotatable bonds is 4. The first-order valence-corrected chi connectivity index (χ1v) is 6.27. The van der Waals surface area contributed by atoms with Crippen LogP contribution in [0.2, 0.25) is 0 Å². The van der Waals surface area contributed by atoms with Gasteiger partial charge in [-0.25, -0.2) is 0 Å². The quantitative estimate of drug-likeness (QED) is 0.686. The van der Waals surface area contributed by atoms with Crippen LogP contribution in [0.1, 0.15) is 26.7 Å².